The van der Waals surface area contributed by atoms with Crippen LogP contribution in [0.3, 0.4) is 0 Å². The number of hydrogen-bond acceptors (Lipinski definition) is 3. The molecule has 2 N–H and O–H groups in total. The molecule has 0 aliphatic rings. The van der Waals surface area contributed by atoms with Crippen molar-refractivity contribution >= 4 is 12.0 Å². The van der Waals surface area contributed by atoms with E-state index < -0.39 is 11.7 Å². The molecule has 0 fully saturated rings. The highest BCUT2D eigenvalue weighted by Gasteiger charge is 2.15. The molecule has 0 aliphatic carbocycles. The first-order valence-electron chi connectivity index (χ1n) is 5.17. The van der Waals surface area contributed by atoms with Gasteiger partial charge in [0.1, 0.15) is 5.60 Å². The van der Waals surface area contributed by atoms with Gasteiger partial charge in [0.05, 0.1) is 6.54 Å². The first kappa shape index (κ1) is 17.6. The van der Waals surface area contributed by atoms with Crippen LogP contribution in [0.5, 0.6) is 0 Å². The van der Waals surface area contributed by atoms with E-state index in [-0.39, 0.29) is 12.5 Å². The summed E-state index contributed by atoms with van der Waals surface area (Å²) in [5.41, 5.74) is -0.535. The number of allylic oxidation sites excluding steroid dienone is 2. The average Bonchev–Trinajstić information content (AvgIpc) is 2.24. The van der Waals surface area contributed by atoms with Gasteiger partial charge in [-0.25, -0.2) is 4.79 Å². The minimum Gasteiger partial charge on any atom is -0.444 e. The Bertz CT molecular complexity index is 261. The van der Waals surface area contributed by atoms with Crippen LogP contribution < -0.4 is 10.6 Å². The number of amides is 2. The van der Waals surface area contributed by atoms with Crippen molar-refractivity contribution in [2.45, 2.75) is 26.4 Å². The van der Waals surface area contributed by atoms with Crippen molar-refractivity contribution < 1.29 is 14.3 Å². The molecule has 5 nitrogen and oxygen atoms in total. The highest BCUT2D eigenvalue weighted by Crippen LogP contribution is 2.05. The van der Waals surface area contributed by atoms with Crippen LogP contribution in [0.15, 0.2) is 25.3 Å². The molecule has 0 aromatic heterocycles. The van der Waals surface area contributed by atoms with Crippen LogP contribution in [0.1, 0.15) is 20.8 Å². The number of likely N-dealkylation sites (N-methyl/N-ethyl adjacent to an activating group) is 1. The van der Waals surface area contributed by atoms with Gasteiger partial charge in [-0.05, 0) is 20.8 Å². The van der Waals surface area contributed by atoms with Crippen LogP contribution in [0.4, 0.5) is 4.79 Å². The molecule has 0 aliphatic heterocycles. The Hall–Kier alpha value is -1.78. The van der Waals surface area contributed by atoms with E-state index in [1.54, 1.807) is 32.9 Å². The van der Waals surface area contributed by atoms with Gasteiger partial charge >= 0.3 is 6.09 Å². The first-order chi connectivity index (χ1) is 7.76. The lowest BCUT2D eigenvalue weighted by molar-refractivity contribution is -0.119. The molecule has 0 bridgehead atoms. The number of carbonyl (C=O) groups excluding carboxylic acids is 2. The largest absolute Gasteiger partial charge is 0.444 e. The fraction of sp³-hybridized carbons (Fsp3) is 0.500. The van der Waals surface area contributed by atoms with Crippen molar-refractivity contribution in [2.24, 2.45) is 0 Å². The summed E-state index contributed by atoms with van der Waals surface area (Å²) < 4.78 is 4.90. The van der Waals surface area contributed by atoms with Gasteiger partial charge in [-0.1, -0.05) is 25.3 Å². The molecule has 17 heavy (non-hydrogen) atoms. The average molecular weight is 242 g/mol. The standard InChI is InChI=1S/C8H16N2O3.C4H6/c1-8(2,3)13-7(12)10-5-6(11)9-4;1-3-4-2/h5H2,1-4H3,(H,9,11)(H,10,12);3-4H,1-2H2. The lowest BCUT2D eigenvalue weighted by Crippen LogP contribution is -2.38. The molecular formula is C12H22N2O3. The molecule has 0 radical (unpaired) electrons. The lowest BCUT2D eigenvalue weighted by atomic mass is 10.2. The van der Waals surface area contributed by atoms with Crippen LogP contribution in [-0.2, 0) is 9.53 Å². The van der Waals surface area contributed by atoms with E-state index in [0.29, 0.717) is 0 Å². The van der Waals surface area contributed by atoms with E-state index in [2.05, 4.69) is 23.8 Å². The second-order valence-electron chi connectivity index (χ2n) is 4.00. The zero-order chi connectivity index (χ0) is 13.9. The number of ether oxygens (including phenoxy) is 1. The molecule has 0 spiro atoms. The summed E-state index contributed by atoms with van der Waals surface area (Å²) in [6.07, 6.45) is 2.69. The maximum absolute atomic E-state index is 11.0. The topological polar surface area (TPSA) is 67.4 Å². The Labute approximate surface area is 103 Å². The molecule has 0 saturated heterocycles. The van der Waals surface area contributed by atoms with Crippen molar-refractivity contribution in [2.75, 3.05) is 13.6 Å². The third-order valence-corrected chi connectivity index (χ3v) is 1.24. The molecule has 0 heterocycles. The van der Waals surface area contributed by atoms with Gasteiger partial charge in [-0.15, -0.1) is 0 Å². The Morgan fingerprint density at radius 3 is 2.00 bits per heavy atom. The smallest absolute Gasteiger partial charge is 0.408 e. The Kier molecular flexibility index (Phi) is 9.79. The van der Waals surface area contributed by atoms with Crippen molar-refractivity contribution in [3.05, 3.63) is 25.3 Å². The fourth-order valence-electron chi connectivity index (χ4n) is 0.555. The summed E-state index contributed by atoms with van der Waals surface area (Å²) in [5, 5.41) is 4.69. The minimum absolute atomic E-state index is 0.0641. The van der Waals surface area contributed by atoms with Crippen molar-refractivity contribution in [1.82, 2.24) is 10.6 Å². The van der Waals surface area contributed by atoms with E-state index >= 15 is 0 Å². The van der Waals surface area contributed by atoms with Gasteiger partial charge in [0.15, 0.2) is 0 Å². The predicted octanol–water partition coefficient (Wildman–Crippen LogP) is 1.62. The number of nitrogens with one attached hydrogen (secondary N) is 2. The molecule has 5 heteroatoms. The van der Waals surface area contributed by atoms with E-state index in [1.807, 2.05) is 0 Å². The SMILES string of the molecule is C=CC=C.CNC(=O)CNC(=O)OC(C)(C)C. The van der Waals surface area contributed by atoms with Gasteiger partial charge in [0.2, 0.25) is 5.91 Å². The quantitative estimate of drug-likeness (QED) is 0.739. The molecule has 0 rings (SSSR count). The van der Waals surface area contributed by atoms with E-state index in [9.17, 15) is 9.59 Å². The van der Waals surface area contributed by atoms with Crippen LogP contribution in [0, 0.1) is 0 Å². The number of alkyl carbamates (subject to hydrolysis) is 1. The molecule has 0 aromatic rings. The maximum Gasteiger partial charge on any atom is 0.408 e. The summed E-state index contributed by atoms with van der Waals surface area (Å²) in [4.78, 5) is 21.7. The third kappa shape index (κ3) is 16.9. The highest BCUT2D eigenvalue weighted by molar-refractivity contribution is 5.81. The van der Waals surface area contributed by atoms with Gasteiger partial charge in [0.25, 0.3) is 0 Å². The van der Waals surface area contributed by atoms with Gasteiger partial charge in [0, 0.05) is 7.05 Å². The number of rotatable bonds is 3. The van der Waals surface area contributed by atoms with Crippen molar-refractivity contribution in [1.29, 1.82) is 0 Å². The zero-order valence-electron chi connectivity index (χ0n) is 11.0. The van der Waals surface area contributed by atoms with Gasteiger partial charge in [-0.3, -0.25) is 4.79 Å². The molecular weight excluding hydrogens is 220 g/mol. The molecule has 0 aromatic carbocycles. The Morgan fingerprint density at radius 1 is 1.24 bits per heavy atom. The summed E-state index contributed by atoms with van der Waals surface area (Å²) in [6.45, 7) is 11.9. The van der Waals surface area contributed by atoms with E-state index in [1.165, 1.54) is 7.05 Å². The van der Waals surface area contributed by atoms with Crippen LogP contribution in [-0.4, -0.2) is 31.2 Å². The monoisotopic (exact) mass is 242 g/mol. The molecule has 0 unspecified atom stereocenters. The fourth-order valence-corrected chi connectivity index (χ4v) is 0.555. The molecule has 98 valence electrons. The lowest BCUT2D eigenvalue weighted by Gasteiger charge is -2.19. The molecule has 0 atom stereocenters. The predicted molar refractivity (Wildman–Crippen MR) is 68.7 cm³/mol. The highest BCUT2D eigenvalue weighted by atomic mass is 16.6. The minimum atomic E-state index is -0.587. The van der Waals surface area contributed by atoms with E-state index in [4.69, 9.17) is 4.74 Å². The number of carbonyl (C=O) groups is 2. The summed E-state index contributed by atoms with van der Waals surface area (Å²) in [5.74, 6) is -0.258. The number of hydrogen-bond donors (Lipinski definition) is 2. The summed E-state index contributed by atoms with van der Waals surface area (Å²) in [6, 6.07) is 0. The van der Waals surface area contributed by atoms with Crippen LogP contribution in [0.2, 0.25) is 0 Å². The molecule has 2 amide bonds. The second-order valence-corrected chi connectivity index (χ2v) is 4.00. The zero-order valence-corrected chi connectivity index (χ0v) is 11.0. The summed E-state index contributed by atoms with van der Waals surface area (Å²) in [7, 11) is 1.50. The van der Waals surface area contributed by atoms with Crippen LogP contribution >= 0.6 is 0 Å². The van der Waals surface area contributed by atoms with Gasteiger partial charge in [-0.2, -0.15) is 0 Å². The van der Waals surface area contributed by atoms with Crippen LogP contribution in [0.25, 0.3) is 0 Å². The first-order valence-corrected chi connectivity index (χ1v) is 5.17. The normalized spacial score (nSPS) is 9.18. The molecule has 0 saturated carbocycles. The Balaban J connectivity index is 0. The van der Waals surface area contributed by atoms with Crippen molar-refractivity contribution in [3.63, 3.8) is 0 Å². The Morgan fingerprint density at radius 2 is 1.71 bits per heavy atom. The van der Waals surface area contributed by atoms with Gasteiger partial charge < -0.3 is 15.4 Å². The second kappa shape index (κ2) is 9.45. The van der Waals surface area contributed by atoms with E-state index in [0.717, 1.165) is 0 Å². The summed E-state index contributed by atoms with van der Waals surface area (Å²) >= 11 is 0. The third-order valence-electron chi connectivity index (χ3n) is 1.24. The maximum atomic E-state index is 11.0. The van der Waals surface area contributed by atoms with Crippen molar-refractivity contribution in [3.8, 4) is 0 Å².